The molecule has 7 nitrogen and oxygen atoms in total. The second-order valence-corrected chi connectivity index (χ2v) is 9.70. The molecule has 0 fully saturated rings. The summed E-state index contributed by atoms with van der Waals surface area (Å²) in [6.45, 7) is 3.00. The molecule has 9 heteroatoms. The number of anilines is 1. The Labute approximate surface area is 230 Å². The molecule has 1 N–H and O–H groups in total. The van der Waals surface area contributed by atoms with E-state index >= 15 is 0 Å². The minimum Gasteiger partial charge on any atom is -0.494 e. The molecular formula is C26H20I2N2O5. The Balaban J connectivity index is 1.47. The molecule has 0 atom stereocenters. The van der Waals surface area contributed by atoms with E-state index in [0.717, 1.165) is 29.8 Å². The summed E-state index contributed by atoms with van der Waals surface area (Å²) < 4.78 is 24.0. The van der Waals surface area contributed by atoms with Crippen LogP contribution in [0.1, 0.15) is 18.1 Å². The topological polar surface area (TPSA) is 89.8 Å². The average Bonchev–Trinajstić information content (AvgIpc) is 3.30. The smallest absolute Gasteiger partial charge is 0.266 e. The predicted octanol–water partition coefficient (Wildman–Crippen LogP) is 6.15. The van der Waals surface area contributed by atoms with Gasteiger partial charge in [-0.1, -0.05) is 12.1 Å². The van der Waals surface area contributed by atoms with Crippen LogP contribution in [-0.2, 0) is 11.4 Å². The number of ether oxygens (including phenoxy) is 4. The molecule has 0 unspecified atom stereocenters. The molecule has 0 aliphatic carbocycles. The SMILES string of the molecule is CCOc1cccc(NC(=O)/C(C#N)=C\c2cc(I)c(OCc3ccc4c(c3)OCO4)c(I)c2)c1. The van der Waals surface area contributed by atoms with Crippen LogP contribution in [0.25, 0.3) is 6.08 Å². The van der Waals surface area contributed by atoms with E-state index in [-0.39, 0.29) is 12.4 Å². The number of halogens is 2. The Hall–Kier alpha value is -2.98. The summed E-state index contributed by atoms with van der Waals surface area (Å²) in [6, 6.07) is 18.5. The van der Waals surface area contributed by atoms with Crippen molar-refractivity contribution < 1.29 is 23.7 Å². The number of fused-ring (bicyclic) bond motifs is 1. The molecule has 0 saturated carbocycles. The van der Waals surface area contributed by atoms with Crippen molar-refractivity contribution in [1.29, 1.82) is 5.26 Å². The fourth-order valence-electron chi connectivity index (χ4n) is 3.33. The monoisotopic (exact) mass is 694 g/mol. The van der Waals surface area contributed by atoms with Crippen LogP contribution in [0.3, 0.4) is 0 Å². The highest BCUT2D eigenvalue weighted by molar-refractivity contribution is 14.1. The van der Waals surface area contributed by atoms with Gasteiger partial charge in [-0.05, 0) is 106 Å². The van der Waals surface area contributed by atoms with Crippen molar-refractivity contribution in [2.24, 2.45) is 0 Å². The largest absolute Gasteiger partial charge is 0.494 e. The maximum Gasteiger partial charge on any atom is 0.266 e. The highest BCUT2D eigenvalue weighted by Crippen LogP contribution is 2.34. The normalized spacial score (nSPS) is 12.1. The molecule has 0 saturated heterocycles. The second kappa shape index (κ2) is 11.6. The van der Waals surface area contributed by atoms with Gasteiger partial charge in [0.25, 0.3) is 5.91 Å². The fraction of sp³-hybridized carbons (Fsp3) is 0.154. The lowest BCUT2D eigenvalue weighted by molar-refractivity contribution is -0.112. The second-order valence-electron chi connectivity index (χ2n) is 7.37. The number of amides is 1. The number of hydrogen-bond donors (Lipinski definition) is 1. The van der Waals surface area contributed by atoms with Crippen molar-refractivity contribution in [1.82, 2.24) is 0 Å². The Bertz CT molecular complexity index is 1310. The van der Waals surface area contributed by atoms with Gasteiger partial charge in [0.05, 0.1) is 13.7 Å². The zero-order valence-corrected chi connectivity index (χ0v) is 23.0. The summed E-state index contributed by atoms with van der Waals surface area (Å²) in [7, 11) is 0. The Morgan fingerprint density at radius 1 is 1.09 bits per heavy atom. The van der Waals surface area contributed by atoms with Crippen molar-refractivity contribution in [3.05, 3.63) is 78.4 Å². The van der Waals surface area contributed by atoms with E-state index in [1.807, 2.05) is 43.3 Å². The van der Waals surface area contributed by atoms with Crippen molar-refractivity contribution >= 4 is 62.9 Å². The summed E-state index contributed by atoms with van der Waals surface area (Å²) >= 11 is 4.38. The van der Waals surface area contributed by atoms with Gasteiger partial charge in [0.15, 0.2) is 11.5 Å². The van der Waals surface area contributed by atoms with E-state index in [9.17, 15) is 10.1 Å². The maximum absolute atomic E-state index is 12.7. The van der Waals surface area contributed by atoms with Crippen LogP contribution in [0.2, 0.25) is 0 Å². The standard InChI is InChI=1S/C26H20I2N2O5/c1-2-32-20-5-3-4-19(12-20)30-26(31)18(13-29)8-17-9-21(27)25(22(28)10-17)33-14-16-6-7-23-24(11-16)35-15-34-23/h3-12H,2,14-15H2,1H3,(H,30,31)/b18-8-. The van der Waals surface area contributed by atoms with Crippen molar-refractivity contribution in [2.75, 3.05) is 18.7 Å². The van der Waals surface area contributed by atoms with Crippen LogP contribution in [0, 0.1) is 18.5 Å². The van der Waals surface area contributed by atoms with E-state index in [1.165, 1.54) is 0 Å². The van der Waals surface area contributed by atoms with E-state index in [1.54, 1.807) is 30.3 Å². The minimum absolute atomic E-state index is 0.00700. The summed E-state index contributed by atoms with van der Waals surface area (Å²) in [5.41, 5.74) is 2.23. The van der Waals surface area contributed by atoms with E-state index in [2.05, 4.69) is 50.5 Å². The minimum atomic E-state index is -0.491. The number of carbonyl (C=O) groups is 1. The van der Waals surface area contributed by atoms with Crippen LogP contribution < -0.4 is 24.3 Å². The van der Waals surface area contributed by atoms with E-state index in [0.29, 0.717) is 30.4 Å². The zero-order chi connectivity index (χ0) is 24.8. The molecule has 0 bridgehead atoms. The Kier molecular flexibility index (Phi) is 8.35. The number of nitrogens with one attached hydrogen (secondary N) is 1. The molecular weight excluding hydrogens is 674 g/mol. The van der Waals surface area contributed by atoms with Gasteiger partial charge >= 0.3 is 0 Å². The summed E-state index contributed by atoms with van der Waals surface area (Å²) in [5, 5.41) is 12.3. The molecule has 4 rings (SSSR count). The first-order valence-electron chi connectivity index (χ1n) is 10.6. The third-order valence-electron chi connectivity index (χ3n) is 4.92. The number of nitrogens with zero attached hydrogens (tertiary/aromatic N) is 1. The lowest BCUT2D eigenvalue weighted by Crippen LogP contribution is -2.13. The lowest BCUT2D eigenvalue weighted by atomic mass is 10.1. The van der Waals surface area contributed by atoms with Crippen LogP contribution >= 0.6 is 45.2 Å². The highest BCUT2D eigenvalue weighted by atomic mass is 127. The molecule has 0 aromatic heterocycles. The van der Waals surface area contributed by atoms with Gasteiger partial charge in [-0.15, -0.1) is 0 Å². The molecule has 1 aliphatic rings. The molecule has 35 heavy (non-hydrogen) atoms. The first-order chi connectivity index (χ1) is 17.0. The van der Waals surface area contributed by atoms with Gasteiger partial charge in [0.2, 0.25) is 6.79 Å². The molecule has 0 radical (unpaired) electrons. The van der Waals surface area contributed by atoms with Crippen LogP contribution in [0.15, 0.2) is 60.2 Å². The molecule has 1 amide bonds. The third-order valence-corrected chi connectivity index (χ3v) is 6.52. The van der Waals surface area contributed by atoms with Crippen LogP contribution in [0.4, 0.5) is 5.69 Å². The summed E-state index contributed by atoms with van der Waals surface area (Å²) in [5.74, 6) is 2.33. The lowest BCUT2D eigenvalue weighted by Gasteiger charge is -2.12. The summed E-state index contributed by atoms with van der Waals surface area (Å²) in [6.07, 6.45) is 1.56. The van der Waals surface area contributed by atoms with E-state index in [4.69, 9.17) is 18.9 Å². The predicted molar refractivity (Wildman–Crippen MR) is 149 cm³/mol. The number of hydrogen-bond acceptors (Lipinski definition) is 6. The zero-order valence-electron chi connectivity index (χ0n) is 18.6. The molecule has 1 heterocycles. The van der Waals surface area contributed by atoms with E-state index < -0.39 is 5.91 Å². The summed E-state index contributed by atoms with van der Waals surface area (Å²) in [4.78, 5) is 12.7. The number of nitriles is 1. The third kappa shape index (κ3) is 6.37. The number of benzene rings is 3. The first-order valence-corrected chi connectivity index (χ1v) is 12.8. The molecule has 1 aliphatic heterocycles. The quantitative estimate of drug-likeness (QED) is 0.173. The molecule has 3 aromatic rings. The fourth-order valence-corrected chi connectivity index (χ4v) is 5.46. The molecule has 178 valence electrons. The highest BCUT2D eigenvalue weighted by Gasteiger charge is 2.15. The van der Waals surface area contributed by atoms with Gasteiger partial charge in [0, 0.05) is 11.8 Å². The average molecular weight is 694 g/mol. The first kappa shape index (κ1) is 25.1. The van der Waals surface area contributed by atoms with Crippen molar-refractivity contribution in [3.8, 4) is 29.1 Å². The van der Waals surface area contributed by atoms with Gasteiger partial charge in [-0.25, -0.2) is 0 Å². The molecule has 0 spiro atoms. The molecule has 3 aromatic carbocycles. The maximum atomic E-state index is 12.7. The van der Waals surface area contributed by atoms with Gasteiger partial charge < -0.3 is 24.3 Å². The Morgan fingerprint density at radius 3 is 2.60 bits per heavy atom. The van der Waals surface area contributed by atoms with Crippen LogP contribution in [0.5, 0.6) is 23.0 Å². The number of rotatable bonds is 8. The number of carbonyl (C=O) groups excluding carboxylic acids is 1. The van der Waals surface area contributed by atoms with Gasteiger partial charge in [0.1, 0.15) is 29.7 Å². The van der Waals surface area contributed by atoms with Crippen LogP contribution in [-0.4, -0.2) is 19.3 Å². The Morgan fingerprint density at radius 2 is 1.86 bits per heavy atom. The van der Waals surface area contributed by atoms with Gasteiger partial charge in [-0.2, -0.15) is 5.26 Å². The van der Waals surface area contributed by atoms with Gasteiger partial charge in [-0.3, -0.25) is 4.79 Å². The van der Waals surface area contributed by atoms with Crippen molar-refractivity contribution in [3.63, 3.8) is 0 Å². The van der Waals surface area contributed by atoms with Crippen molar-refractivity contribution in [2.45, 2.75) is 13.5 Å².